The standard InChI is InChI=1S/C20H18N4O/c1-23(15-7-5-8-16(13-15)25-2)20-11-6-9-18(22-20)17-14-21-24-12-4-3-10-19(17)24/h3-14H,1-2H3. The molecule has 1 aromatic carbocycles. The predicted octanol–water partition coefficient (Wildman–Crippen LogP) is 4.17. The van der Waals surface area contributed by atoms with Crippen molar-refractivity contribution < 1.29 is 4.74 Å². The summed E-state index contributed by atoms with van der Waals surface area (Å²) in [5, 5.41) is 4.40. The fourth-order valence-electron chi connectivity index (χ4n) is 2.84. The third-order valence-corrected chi connectivity index (χ3v) is 4.22. The highest BCUT2D eigenvalue weighted by Crippen LogP contribution is 2.28. The van der Waals surface area contributed by atoms with Crippen LogP contribution in [-0.4, -0.2) is 28.8 Å². The molecule has 4 aromatic rings. The first-order valence-electron chi connectivity index (χ1n) is 8.04. The van der Waals surface area contributed by atoms with Crippen LogP contribution < -0.4 is 9.64 Å². The van der Waals surface area contributed by atoms with Crippen LogP contribution in [0.15, 0.2) is 73.1 Å². The van der Waals surface area contributed by atoms with Gasteiger partial charge in [-0.1, -0.05) is 18.2 Å². The third-order valence-electron chi connectivity index (χ3n) is 4.22. The fourth-order valence-corrected chi connectivity index (χ4v) is 2.84. The van der Waals surface area contributed by atoms with Gasteiger partial charge in [-0.05, 0) is 36.4 Å². The van der Waals surface area contributed by atoms with Crippen LogP contribution in [-0.2, 0) is 0 Å². The van der Waals surface area contributed by atoms with Crippen molar-refractivity contribution in [3.05, 3.63) is 73.1 Å². The lowest BCUT2D eigenvalue weighted by molar-refractivity contribution is 0.415. The van der Waals surface area contributed by atoms with Gasteiger partial charge in [0, 0.05) is 30.6 Å². The van der Waals surface area contributed by atoms with Crippen LogP contribution in [0.3, 0.4) is 0 Å². The molecule has 0 aliphatic heterocycles. The second-order valence-electron chi connectivity index (χ2n) is 5.73. The smallest absolute Gasteiger partial charge is 0.133 e. The van der Waals surface area contributed by atoms with Crippen molar-refractivity contribution in [2.45, 2.75) is 0 Å². The van der Waals surface area contributed by atoms with Crippen LogP contribution >= 0.6 is 0 Å². The number of ether oxygens (including phenoxy) is 1. The van der Waals surface area contributed by atoms with Gasteiger partial charge in [-0.3, -0.25) is 0 Å². The van der Waals surface area contributed by atoms with Crippen molar-refractivity contribution in [3.63, 3.8) is 0 Å². The van der Waals surface area contributed by atoms with Gasteiger partial charge in [0.15, 0.2) is 0 Å². The molecule has 3 heterocycles. The lowest BCUT2D eigenvalue weighted by Gasteiger charge is -2.19. The second-order valence-corrected chi connectivity index (χ2v) is 5.73. The topological polar surface area (TPSA) is 42.7 Å². The summed E-state index contributed by atoms with van der Waals surface area (Å²) in [5.74, 6) is 1.68. The van der Waals surface area contributed by atoms with Crippen LogP contribution in [0, 0.1) is 0 Å². The van der Waals surface area contributed by atoms with Crippen molar-refractivity contribution in [1.82, 2.24) is 14.6 Å². The third kappa shape index (κ3) is 2.80. The largest absolute Gasteiger partial charge is 0.497 e. The molecule has 0 unspecified atom stereocenters. The van der Waals surface area contributed by atoms with E-state index in [-0.39, 0.29) is 0 Å². The number of anilines is 2. The molecule has 0 radical (unpaired) electrons. The number of rotatable bonds is 4. The van der Waals surface area contributed by atoms with Gasteiger partial charge in [-0.15, -0.1) is 0 Å². The van der Waals surface area contributed by atoms with Crippen LogP contribution in [0.5, 0.6) is 5.75 Å². The van der Waals surface area contributed by atoms with Gasteiger partial charge in [0.05, 0.1) is 24.5 Å². The summed E-state index contributed by atoms with van der Waals surface area (Å²) in [6.45, 7) is 0. The normalized spacial score (nSPS) is 10.8. The molecular formula is C20H18N4O. The number of aromatic nitrogens is 3. The predicted molar refractivity (Wildman–Crippen MR) is 99.5 cm³/mol. The number of benzene rings is 1. The van der Waals surface area contributed by atoms with Gasteiger partial charge >= 0.3 is 0 Å². The van der Waals surface area contributed by atoms with Crippen LogP contribution in [0.25, 0.3) is 16.8 Å². The maximum absolute atomic E-state index is 5.31. The van der Waals surface area contributed by atoms with Gasteiger partial charge in [0.1, 0.15) is 11.6 Å². The summed E-state index contributed by atoms with van der Waals surface area (Å²) in [5.41, 5.74) is 3.97. The highest BCUT2D eigenvalue weighted by molar-refractivity contribution is 5.78. The number of nitrogens with zero attached hydrogens (tertiary/aromatic N) is 4. The molecular weight excluding hydrogens is 312 g/mol. The molecule has 0 fully saturated rings. The average Bonchev–Trinajstić information content (AvgIpc) is 3.12. The Morgan fingerprint density at radius 3 is 2.76 bits per heavy atom. The van der Waals surface area contributed by atoms with E-state index in [0.717, 1.165) is 34.0 Å². The Morgan fingerprint density at radius 1 is 1.00 bits per heavy atom. The number of methoxy groups -OCH3 is 1. The van der Waals surface area contributed by atoms with Crippen molar-refractivity contribution in [3.8, 4) is 17.0 Å². The first kappa shape index (κ1) is 15.2. The molecule has 0 atom stereocenters. The van der Waals surface area contributed by atoms with Crippen molar-refractivity contribution in [2.75, 3.05) is 19.1 Å². The first-order chi connectivity index (χ1) is 12.3. The lowest BCUT2D eigenvalue weighted by atomic mass is 10.2. The summed E-state index contributed by atoms with van der Waals surface area (Å²) < 4.78 is 7.17. The molecule has 5 heteroatoms. The Bertz CT molecular complexity index is 1020. The number of hydrogen-bond acceptors (Lipinski definition) is 4. The molecule has 0 aliphatic rings. The van der Waals surface area contributed by atoms with Gasteiger partial charge in [0.2, 0.25) is 0 Å². The average molecular weight is 330 g/mol. The second kappa shape index (κ2) is 6.28. The van der Waals surface area contributed by atoms with E-state index in [1.165, 1.54) is 0 Å². The summed E-state index contributed by atoms with van der Waals surface area (Å²) >= 11 is 0. The maximum atomic E-state index is 5.31. The maximum Gasteiger partial charge on any atom is 0.133 e. The monoisotopic (exact) mass is 330 g/mol. The van der Waals surface area contributed by atoms with Gasteiger partial charge in [-0.2, -0.15) is 5.10 Å². The highest BCUT2D eigenvalue weighted by atomic mass is 16.5. The molecule has 5 nitrogen and oxygen atoms in total. The Balaban J connectivity index is 1.74. The summed E-state index contributed by atoms with van der Waals surface area (Å²) in [7, 11) is 3.67. The van der Waals surface area contributed by atoms with Gasteiger partial charge in [-0.25, -0.2) is 9.50 Å². The Labute approximate surface area is 146 Å². The van der Waals surface area contributed by atoms with Crippen LogP contribution in [0.4, 0.5) is 11.5 Å². The first-order valence-corrected chi connectivity index (χ1v) is 8.04. The van der Waals surface area contributed by atoms with Crippen molar-refractivity contribution in [1.29, 1.82) is 0 Å². The molecule has 0 N–H and O–H groups in total. The molecule has 0 aliphatic carbocycles. The van der Waals surface area contributed by atoms with Crippen molar-refractivity contribution >= 4 is 17.0 Å². The zero-order valence-electron chi connectivity index (χ0n) is 14.1. The SMILES string of the molecule is COc1cccc(N(C)c2cccc(-c3cnn4ccccc34)n2)c1. The quantitative estimate of drug-likeness (QED) is 0.563. The Kier molecular flexibility index (Phi) is 3.82. The lowest BCUT2D eigenvalue weighted by Crippen LogP contribution is -2.11. The molecule has 25 heavy (non-hydrogen) atoms. The zero-order valence-corrected chi connectivity index (χ0v) is 14.1. The molecule has 4 rings (SSSR count). The fraction of sp³-hybridized carbons (Fsp3) is 0.100. The van der Waals surface area contributed by atoms with Crippen molar-refractivity contribution in [2.24, 2.45) is 0 Å². The summed E-state index contributed by atoms with van der Waals surface area (Å²) in [4.78, 5) is 6.87. The number of hydrogen-bond donors (Lipinski definition) is 0. The Morgan fingerprint density at radius 2 is 1.88 bits per heavy atom. The van der Waals surface area contributed by atoms with E-state index in [1.54, 1.807) is 7.11 Å². The van der Waals surface area contributed by atoms with E-state index in [2.05, 4.69) is 5.10 Å². The van der Waals surface area contributed by atoms with E-state index < -0.39 is 0 Å². The van der Waals surface area contributed by atoms with E-state index in [1.807, 2.05) is 89.5 Å². The van der Waals surface area contributed by atoms with E-state index in [0.29, 0.717) is 0 Å². The minimum atomic E-state index is 0.822. The molecule has 124 valence electrons. The zero-order chi connectivity index (χ0) is 17.2. The molecule has 0 saturated heterocycles. The van der Waals surface area contributed by atoms with Crippen LogP contribution in [0.2, 0.25) is 0 Å². The summed E-state index contributed by atoms with van der Waals surface area (Å²) in [6.07, 6.45) is 3.79. The van der Waals surface area contributed by atoms with E-state index in [9.17, 15) is 0 Å². The van der Waals surface area contributed by atoms with Crippen LogP contribution in [0.1, 0.15) is 0 Å². The Hall–Kier alpha value is -3.34. The molecule has 0 spiro atoms. The minimum Gasteiger partial charge on any atom is -0.497 e. The molecule has 0 bridgehead atoms. The van der Waals surface area contributed by atoms with Gasteiger partial charge < -0.3 is 9.64 Å². The highest BCUT2D eigenvalue weighted by Gasteiger charge is 2.11. The molecule has 3 aromatic heterocycles. The summed E-state index contributed by atoms with van der Waals surface area (Å²) in [6, 6.07) is 20.0. The van der Waals surface area contributed by atoms with Gasteiger partial charge in [0.25, 0.3) is 0 Å². The van der Waals surface area contributed by atoms with E-state index in [4.69, 9.17) is 9.72 Å². The molecule has 0 saturated carbocycles. The number of fused-ring (bicyclic) bond motifs is 1. The minimum absolute atomic E-state index is 0.822. The van der Waals surface area contributed by atoms with E-state index >= 15 is 0 Å². The molecule has 0 amide bonds. The number of pyridine rings is 2.